The van der Waals surface area contributed by atoms with E-state index in [1.807, 2.05) is 13.8 Å². The molecule has 0 unspecified atom stereocenters. The molecule has 0 spiro atoms. The van der Waals surface area contributed by atoms with Crippen LogP contribution in [0.1, 0.15) is 24.3 Å². The van der Waals surface area contributed by atoms with Gasteiger partial charge in [-0.05, 0) is 26.0 Å². The summed E-state index contributed by atoms with van der Waals surface area (Å²) in [5, 5.41) is 2.51. The zero-order valence-corrected chi connectivity index (χ0v) is 8.57. The molecule has 4 heteroatoms. The lowest BCUT2D eigenvalue weighted by Gasteiger charge is -2.11. The molecule has 0 aliphatic heterocycles. The molecular formula is C10H14N2O2. The third kappa shape index (κ3) is 2.45. The highest BCUT2D eigenvalue weighted by Crippen LogP contribution is 2.16. The minimum atomic E-state index is -0.235. The molecule has 76 valence electrons. The van der Waals surface area contributed by atoms with E-state index in [0.717, 1.165) is 0 Å². The van der Waals surface area contributed by atoms with Crippen molar-refractivity contribution in [3.05, 3.63) is 24.0 Å². The van der Waals surface area contributed by atoms with E-state index >= 15 is 0 Å². The van der Waals surface area contributed by atoms with Gasteiger partial charge in [0.1, 0.15) is 0 Å². The molecule has 4 nitrogen and oxygen atoms in total. The Morgan fingerprint density at radius 3 is 2.86 bits per heavy atom. The van der Waals surface area contributed by atoms with Gasteiger partial charge in [-0.1, -0.05) is 0 Å². The van der Waals surface area contributed by atoms with E-state index in [1.165, 1.54) is 0 Å². The minimum absolute atomic E-state index is 0.0302. The first-order valence-corrected chi connectivity index (χ1v) is 4.49. The van der Waals surface area contributed by atoms with E-state index in [1.54, 1.807) is 25.4 Å². The number of pyridine rings is 1. The van der Waals surface area contributed by atoms with E-state index in [-0.39, 0.29) is 12.0 Å². The van der Waals surface area contributed by atoms with Crippen molar-refractivity contribution in [3.63, 3.8) is 0 Å². The summed E-state index contributed by atoms with van der Waals surface area (Å²) >= 11 is 0. The number of ether oxygens (including phenoxy) is 1. The molecule has 1 aromatic rings. The van der Waals surface area contributed by atoms with Crippen LogP contribution in [-0.2, 0) is 0 Å². The highest BCUT2D eigenvalue weighted by Gasteiger charge is 2.12. The Hall–Kier alpha value is -1.58. The van der Waals surface area contributed by atoms with Crippen LogP contribution >= 0.6 is 0 Å². The van der Waals surface area contributed by atoms with Gasteiger partial charge in [0, 0.05) is 13.2 Å². The maximum atomic E-state index is 11.4. The summed E-state index contributed by atoms with van der Waals surface area (Å²) in [4.78, 5) is 15.3. The van der Waals surface area contributed by atoms with Gasteiger partial charge in [-0.25, -0.2) is 4.98 Å². The molecule has 0 bridgehead atoms. The highest BCUT2D eigenvalue weighted by molar-refractivity contribution is 5.94. The van der Waals surface area contributed by atoms with Crippen molar-refractivity contribution >= 4 is 5.91 Å². The second kappa shape index (κ2) is 4.60. The van der Waals surface area contributed by atoms with Crippen LogP contribution in [0.3, 0.4) is 0 Å². The van der Waals surface area contributed by atoms with Crippen molar-refractivity contribution in [2.45, 2.75) is 20.0 Å². The van der Waals surface area contributed by atoms with E-state index in [0.29, 0.717) is 11.4 Å². The van der Waals surface area contributed by atoms with Crippen LogP contribution in [0.4, 0.5) is 0 Å². The first-order valence-electron chi connectivity index (χ1n) is 4.49. The molecule has 1 aromatic heterocycles. The second-order valence-electron chi connectivity index (χ2n) is 3.10. The fourth-order valence-electron chi connectivity index (χ4n) is 1.03. The second-order valence-corrected chi connectivity index (χ2v) is 3.10. The van der Waals surface area contributed by atoms with Gasteiger partial charge in [-0.15, -0.1) is 0 Å². The first-order chi connectivity index (χ1) is 6.65. The number of carbonyl (C=O) groups is 1. The van der Waals surface area contributed by atoms with Crippen LogP contribution in [0.25, 0.3) is 0 Å². The Bertz CT molecular complexity index is 324. The number of rotatable bonds is 3. The Balaban J connectivity index is 2.97. The highest BCUT2D eigenvalue weighted by atomic mass is 16.5. The number of amides is 1. The van der Waals surface area contributed by atoms with Gasteiger partial charge in [0.2, 0.25) is 0 Å². The predicted octanol–water partition coefficient (Wildman–Crippen LogP) is 1.23. The van der Waals surface area contributed by atoms with E-state index in [4.69, 9.17) is 4.74 Å². The van der Waals surface area contributed by atoms with Gasteiger partial charge in [-0.3, -0.25) is 4.79 Å². The summed E-state index contributed by atoms with van der Waals surface area (Å²) in [6.45, 7) is 3.81. The molecule has 0 fully saturated rings. The molecule has 0 atom stereocenters. The van der Waals surface area contributed by atoms with E-state index in [9.17, 15) is 4.79 Å². The number of nitrogens with one attached hydrogen (secondary N) is 1. The van der Waals surface area contributed by atoms with Gasteiger partial charge in [0.05, 0.1) is 6.10 Å². The van der Waals surface area contributed by atoms with Crippen molar-refractivity contribution in [2.75, 3.05) is 7.05 Å². The van der Waals surface area contributed by atoms with Crippen molar-refractivity contribution in [3.8, 4) is 5.75 Å². The molecule has 0 aliphatic carbocycles. The molecule has 14 heavy (non-hydrogen) atoms. The Labute approximate surface area is 83.3 Å². The number of nitrogens with zero attached hydrogens (tertiary/aromatic N) is 1. The van der Waals surface area contributed by atoms with Gasteiger partial charge in [0.15, 0.2) is 11.4 Å². The van der Waals surface area contributed by atoms with Crippen molar-refractivity contribution in [1.29, 1.82) is 0 Å². The standard InChI is InChI=1S/C10H14N2O2/c1-7(2)14-8-5-4-6-12-9(8)10(13)11-3/h4-7H,1-3H3,(H,11,13). The predicted molar refractivity (Wildman–Crippen MR) is 53.4 cm³/mol. The van der Waals surface area contributed by atoms with Crippen molar-refractivity contribution < 1.29 is 9.53 Å². The number of hydrogen-bond acceptors (Lipinski definition) is 3. The van der Waals surface area contributed by atoms with Crippen molar-refractivity contribution in [2.24, 2.45) is 0 Å². The van der Waals surface area contributed by atoms with E-state index in [2.05, 4.69) is 10.3 Å². The van der Waals surface area contributed by atoms with Gasteiger partial charge in [0.25, 0.3) is 5.91 Å². The number of carbonyl (C=O) groups excluding carboxylic acids is 1. The molecule has 0 aromatic carbocycles. The smallest absolute Gasteiger partial charge is 0.273 e. The molecule has 1 N–H and O–H groups in total. The first kappa shape index (κ1) is 10.5. The average molecular weight is 194 g/mol. The normalized spacial score (nSPS) is 10.0. The van der Waals surface area contributed by atoms with Crippen LogP contribution in [-0.4, -0.2) is 24.0 Å². The van der Waals surface area contributed by atoms with Crippen LogP contribution in [0.15, 0.2) is 18.3 Å². The molecule has 1 rings (SSSR count). The van der Waals surface area contributed by atoms with Crippen molar-refractivity contribution in [1.82, 2.24) is 10.3 Å². The lowest BCUT2D eigenvalue weighted by molar-refractivity contribution is 0.0951. The molecular weight excluding hydrogens is 180 g/mol. The zero-order chi connectivity index (χ0) is 10.6. The summed E-state index contributed by atoms with van der Waals surface area (Å²) in [6, 6.07) is 3.47. The Morgan fingerprint density at radius 1 is 1.57 bits per heavy atom. The Kier molecular flexibility index (Phi) is 3.45. The third-order valence-electron chi connectivity index (χ3n) is 1.58. The number of aromatic nitrogens is 1. The van der Waals surface area contributed by atoms with Crippen LogP contribution in [0.2, 0.25) is 0 Å². The molecule has 1 heterocycles. The van der Waals surface area contributed by atoms with Crippen LogP contribution in [0.5, 0.6) is 5.75 Å². The monoisotopic (exact) mass is 194 g/mol. The Morgan fingerprint density at radius 2 is 2.29 bits per heavy atom. The third-order valence-corrected chi connectivity index (χ3v) is 1.58. The largest absolute Gasteiger partial charge is 0.489 e. The summed E-state index contributed by atoms with van der Waals surface area (Å²) in [5.41, 5.74) is 0.323. The summed E-state index contributed by atoms with van der Waals surface area (Å²) < 4.78 is 5.44. The molecule has 0 saturated heterocycles. The average Bonchev–Trinajstić information content (AvgIpc) is 2.16. The lowest BCUT2D eigenvalue weighted by atomic mass is 10.3. The van der Waals surface area contributed by atoms with Crippen LogP contribution in [0, 0.1) is 0 Å². The van der Waals surface area contributed by atoms with Gasteiger partial charge < -0.3 is 10.1 Å². The molecule has 0 aliphatic rings. The zero-order valence-electron chi connectivity index (χ0n) is 8.57. The minimum Gasteiger partial charge on any atom is -0.489 e. The summed E-state index contributed by atoms with van der Waals surface area (Å²) in [7, 11) is 1.57. The maximum absolute atomic E-state index is 11.4. The lowest BCUT2D eigenvalue weighted by Crippen LogP contribution is -2.21. The van der Waals surface area contributed by atoms with Crippen LogP contribution < -0.4 is 10.1 Å². The van der Waals surface area contributed by atoms with E-state index < -0.39 is 0 Å². The van der Waals surface area contributed by atoms with Gasteiger partial charge in [-0.2, -0.15) is 0 Å². The topological polar surface area (TPSA) is 51.2 Å². The SMILES string of the molecule is CNC(=O)c1ncccc1OC(C)C. The summed E-state index contributed by atoms with van der Waals surface area (Å²) in [6.07, 6.45) is 1.60. The molecule has 1 amide bonds. The number of hydrogen-bond donors (Lipinski definition) is 1. The molecule has 0 saturated carbocycles. The fraction of sp³-hybridized carbons (Fsp3) is 0.400. The van der Waals surface area contributed by atoms with Gasteiger partial charge >= 0.3 is 0 Å². The quantitative estimate of drug-likeness (QED) is 0.787. The summed E-state index contributed by atoms with van der Waals surface area (Å²) in [5.74, 6) is 0.281. The maximum Gasteiger partial charge on any atom is 0.273 e. The fourth-order valence-corrected chi connectivity index (χ4v) is 1.03. The molecule has 0 radical (unpaired) electrons.